The van der Waals surface area contributed by atoms with Gasteiger partial charge in [0.1, 0.15) is 5.82 Å². The van der Waals surface area contributed by atoms with Crippen LogP contribution >= 0.6 is 0 Å². The number of nitrogens with two attached hydrogens (primary N) is 1. The molecular formula is C13H22N4O. The smallest absolute Gasteiger partial charge is 0.224 e. The second-order valence-electron chi connectivity index (χ2n) is 4.17. The molecule has 5 heteroatoms. The van der Waals surface area contributed by atoms with Gasteiger partial charge in [0, 0.05) is 26.1 Å². The molecular weight excluding hydrogens is 228 g/mol. The standard InChI is InChI=1S/C13H22N4O/c1-4-17(5-2)13(18)6-7-15-12-8-10(3)11(14)9-16-12/h8-9H,4-7,14H2,1-3H3,(H,15,16). The molecule has 18 heavy (non-hydrogen) atoms. The number of hydrogen-bond donors (Lipinski definition) is 2. The van der Waals surface area contributed by atoms with Crippen LogP contribution in [0.25, 0.3) is 0 Å². The Hall–Kier alpha value is -1.78. The van der Waals surface area contributed by atoms with Crippen LogP contribution in [-0.4, -0.2) is 35.4 Å². The first-order valence-electron chi connectivity index (χ1n) is 6.32. The molecule has 0 aliphatic rings. The molecule has 0 unspecified atom stereocenters. The van der Waals surface area contributed by atoms with E-state index in [-0.39, 0.29) is 5.91 Å². The molecule has 1 heterocycles. The maximum absolute atomic E-state index is 11.8. The molecule has 0 bridgehead atoms. The lowest BCUT2D eigenvalue weighted by atomic mass is 10.2. The Bertz CT molecular complexity index is 402. The molecule has 1 rings (SSSR count). The molecule has 0 aliphatic carbocycles. The number of carbonyl (C=O) groups is 1. The second kappa shape index (κ2) is 6.83. The van der Waals surface area contributed by atoms with E-state index in [9.17, 15) is 4.79 Å². The van der Waals surface area contributed by atoms with Gasteiger partial charge in [0.2, 0.25) is 5.91 Å². The summed E-state index contributed by atoms with van der Waals surface area (Å²) in [5, 5.41) is 3.13. The second-order valence-corrected chi connectivity index (χ2v) is 4.17. The van der Waals surface area contributed by atoms with Crippen molar-refractivity contribution in [2.75, 3.05) is 30.7 Å². The number of carbonyl (C=O) groups excluding carboxylic acids is 1. The van der Waals surface area contributed by atoms with Crippen molar-refractivity contribution in [2.24, 2.45) is 0 Å². The van der Waals surface area contributed by atoms with Gasteiger partial charge in [-0.05, 0) is 32.4 Å². The third kappa shape index (κ3) is 3.91. The lowest BCUT2D eigenvalue weighted by molar-refractivity contribution is -0.130. The lowest BCUT2D eigenvalue weighted by Gasteiger charge is -2.18. The predicted octanol–water partition coefficient (Wildman–Crippen LogP) is 1.64. The molecule has 0 radical (unpaired) electrons. The predicted molar refractivity (Wildman–Crippen MR) is 74.4 cm³/mol. The SMILES string of the molecule is CCN(CC)C(=O)CCNc1cc(C)c(N)cn1. The fourth-order valence-electron chi connectivity index (χ4n) is 1.70. The third-order valence-corrected chi connectivity index (χ3v) is 2.91. The van der Waals surface area contributed by atoms with E-state index in [1.54, 1.807) is 6.20 Å². The van der Waals surface area contributed by atoms with Crippen LogP contribution in [-0.2, 0) is 4.79 Å². The minimum atomic E-state index is 0.166. The highest BCUT2D eigenvalue weighted by atomic mass is 16.2. The number of nitrogens with one attached hydrogen (secondary N) is 1. The van der Waals surface area contributed by atoms with Gasteiger partial charge in [-0.25, -0.2) is 4.98 Å². The van der Waals surface area contributed by atoms with Crippen LogP contribution in [0, 0.1) is 6.92 Å². The van der Waals surface area contributed by atoms with Gasteiger partial charge in [0.15, 0.2) is 0 Å². The molecule has 1 amide bonds. The third-order valence-electron chi connectivity index (χ3n) is 2.91. The Balaban J connectivity index is 2.41. The summed E-state index contributed by atoms with van der Waals surface area (Å²) >= 11 is 0. The van der Waals surface area contributed by atoms with Gasteiger partial charge in [-0.3, -0.25) is 4.79 Å². The van der Waals surface area contributed by atoms with Crippen LogP contribution in [0.2, 0.25) is 0 Å². The highest BCUT2D eigenvalue weighted by Crippen LogP contribution is 2.12. The zero-order valence-electron chi connectivity index (χ0n) is 11.4. The number of hydrogen-bond acceptors (Lipinski definition) is 4. The summed E-state index contributed by atoms with van der Waals surface area (Å²) in [6.07, 6.45) is 2.11. The number of nitrogens with zero attached hydrogens (tertiary/aromatic N) is 2. The quantitative estimate of drug-likeness (QED) is 0.805. The number of aryl methyl sites for hydroxylation is 1. The molecule has 100 valence electrons. The Morgan fingerprint density at radius 1 is 1.44 bits per heavy atom. The van der Waals surface area contributed by atoms with Crippen LogP contribution in [0.1, 0.15) is 25.8 Å². The summed E-state index contributed by atoms with van der Waals surface area (Å²) in [6, 6.07) is 1.89. The van der Waals surface area contributed by atoms with Crippen LogP contribution in [0.3, 0.4) is 0 Å². The topological polar surface area (TPSA) is 71.2 Å². The molecule has 0 aromatic carbocycles. The van der Waals surface area contributed by atoms with Gasteiger partial charge in [-0.1, -0.05) is 0 Å². The molecule has 0 spiro atoms. The van der Waals surface area contributed by atoms with Gasteiger partial charge in [0.25, 0.3) is 0 Å². The van der Waals surface area contributed by atoms with E-state index in [1.807, 2.05) is 31.7 Å². The van der Waals surface area contributed by atoms with Crippen molar-refractivity contribution in [1.29, 1.82) is 0 Å². The first kappa shape index (κ1) is 14.3. The van der Waals surface area contributed by atoms with Crippen molar-refractivity contribution < 1.29 is 4.79 Å². The minimum absolute atomic E-state index is 0.166. The van der Waals surface area contributed by atoms with Gasteiger partial charge in [-0.15, -0.1) is 0 Å². The minimum Gasteiger partial charge on any atom is -0.397 e. The van der Waals surface area contributed by atoms with Crippen LogP contribution in [0.15, 0.2) is 12.3 Å². The number of rotatable bonds is 6. The van der Waals surface area contributed by atoms with E-state index in [0.717, 1.165) is 24.5 Å². The Labute approximate surface area is 108 Å². The molecule has 3 N–H and O–H groups in total. The zero-order valence-corrected chi connectivity index (χ0v) is 11.4. The largest absolute Gasteiger partial charge is 0.397 e. The van der Waals surface area contributed by atoms with Crippen LogP contribution in [0.4, 0.5) is 11.5 Å². The number of pyridine rings is 1. The average Bonchev–Trinajstić information content (AvgIpc) is 2.35. The summed E-state index contributed by atoms with van der Waals surface area (Å²) in [4.78, 5) is 17.7. The normalized spacial score (nSPS) is 10.2. The molecule has 1 aromatic heterocycles. The fourth-order valence-corrected chi connectivity index (χ4v) is 1.70. The summed E-state index contributed by atoms with van der Waals surface area (Å²) < 4.78 is 0. The molecule has 0 saturated heterocycles. The average molecular weight is 250 g/mol. The number of amides is 1. The zero-order chi connectivity index (χ0) is 13.5. The van der Waals surface area contributed by atoms with Crippen molar-refractivity contribution >= 4 is 17.4 Å². The van der Waals surface area contributed by atoms with Crippen molar-refractivity contribution in [2.45, 2.75) is 27.2 Å². The van der Waals surface area contributed by atoms with Gasteiger partial charge in [-0.2, -0.15) is 0 Å². The van der Waals surface area contributed by atoms with Crippen LogP contribution in [0.5, 0.6) is 0 Å². The molecule has 0 fully saturated rings. The number of aromatic nitrogens is 1. The maximum atomic E-state index is 11.8. The van der Waals surface area contributed by atoms with Crippen molar-refractivity contribution in [3.63, 3.8) is 0 Å². The van der Waals surface area contributed by atoms with Gasteiger partial charge >= 0.3 is 0 Å². The fraction of sp³-hybridized carbons (Fsp3) is 0.538. The molecule has 0 atom stereocenters. The van der Waals surface area contributed by atoms with E-state index >= 15 is 0 Å². The van der Waals surface area contributed by atoms with Crippen molar-refractivity contribution in [3.8, 4) is 0 Å². The maximum Gasteiger partial charge on any atom is 0.224 e. The van der Waals surface area contributed by atoms with Gasteiger partial charge < -0.3 is 16.0 Å². The van der Waals surface area contributed by atoms with E-state index in [4.69, 9.17) is 5.73 Å². The first-order chi connectivity index (χ1) is 8.58. The summed E-state index contributed by atoms with van der Waals surface area (Å²) in [5.74, 6) is 0.925. The Morgan fingerprint density at radius 3 is 2.67 bits per heavy atom. The van der Waals surface area contributed by atoms with E-state index in [0.29, 0.717) is 18.7 Å². The molecule has 0 saturated carbocycles. The van der Waals surface area contributed by atoms with Crippen LogP contribution < -0.4 is 11.1 Å². The highest BCUT2D eigenvalue weighted by Gasteiger charge is 2.08. The number of nitrogen functional groups attached to an aromatic ring is 1. The summed E-state index contributed by atoms with van der Waals surface area (Å²) in [6.45, 7) is 8.01. The van der Waals surface area contributed by atoms with Gasteiger partial charge in [0.05, 0.1) is 11.9 Å². The van der Waals surface area contributed by atoms with E-state index in [1.165, 1.54) is 0 Å². The molecule has 1 aromatic rings. The summed E-state index contributed by atoms with van der Waals surface area (Å²) in [5.41, 5.74) is 7.36. The molecule has 5 nitrogen and oxygen atoms in total. The van der Waals surface area contributed by atoms with E-state index < -0.39 is 0 Å². The highest BCUT2D eigenvalue weighted by molar-refractivity contribution is 5.76. The first-order valence-corrected chi connectivity index (χ1v) is 6.32. The molecule has 0 aliphatic heterocycles. The van der Waals surface area contributed by atoms with Crippen molar-refractivity contribution in [1.82, 2.24) is 9.88 Å². The summed E-state index contributed by atoms with van der Waals surface area (Å²) in [7, 11) is 0. The Morgan fingerprint density at radius 2 is 2.11 bits per heavy atom. The van der Waals surface area contributed by atoms with Crippen molar-refractivity contribution in [3.05, 3.63) is 17.8 Å². The Kier molecular flexibility index (Phi) is 5.42. The number of anilines is 2. The lowest BCUT2D eigenvalue weighted by Crippen LogP contribution is -2.31. The van der Waals surface area contributed by atoms with E-state index in [2.05, 4.69) is 10.3 Å². The monoisotopic (exact) mass is 250 g/mol.